The van der Waals surface area contributed by atoms with Gasteiger partial charge in [0, 0.05) is 25.0 Å². The van der Waals surface area contributed by atoms with Gasteiger partial charge >= 0.3 is 0 Å². The van der Waals surface area contributed by atoms with Gasteiger partial charge in [-0.1, -0.05) is 13.8 Å². The van der Waals surface area contributed by atoms with Gasteiger partial charge in [-0.2, -0.15) is 0 Å². The van der Waals surface area contributed by atoms with Crippen molar-refractivity contribution in [2.75, 3.05) is 18.0 Å². The third-order valence-corrected chi connectivity index (χ3v) is 3.32. The summed E-state index contributed by atoms with van der Waals surface area (Å²) in [5.74, 6) is 2.66. The monoisotopic (exact) mass is 193 g/mol. The highest BCUT2D eigenvalue weighted by atomic mass is 15.3. The van der Waals surface area contributed by atoms with Crippen molar-refractivity contribution in [3.05, 3.63) is 11.9 Å². The Kier molecular flexibility index (Phi) is 2.48. The molecule has 14 heavy (non-hydrogen) atoms. The summed E-state index contributed by atoms with van der Waals surface area (Å²) >= 11 is 0. The van der Waals surface area contributed by atoms with Crippen LogP contribution in [0.5, 0.6) is 0 Å². The summed E-state index contributed by atoms with van der Waals surface area (Å²) in [7, 11) is 0. The average molecular weight is 193 g/mol. The number of nitrogens with zero attached hydrogens (tertiary/aromatic N) is 2. The lowest BCUT2D eigenvalue weighted by Gasteiger charge is -2.35. The number of H-pyrrole nitrogens is 1. The number of nitrogens with one attached hydrogen (secondary N) is 1. The van der Waals surface area contributed by atoms with Gasteiger partial charge in [0.1, 0.15) is 0 Å². The number of hydrogen-bond acceptors (Lipinski definition) is 2. The third kappa shape index (κ3) is 1.76. The van der Waals surface area contributed by atoms with E-state index in [0.29, 0.717) is 0 Å². The molecule has 0 saturated carbocycles. The number of rotatable bonds is 1. The van der Waals surface area contributed by atoms with Crippen molar-refractivity contribution in [3.63, 3.8) is 0 Å². The fraction of sp³-hybridized carbons (Fsp3) is 0.727. The molecule has 0 radical (unpaired) electrons. The lowest BCUT2D eigenvalue weighted by Crippen LogP contribution is -2.39. The van der Waals surface area contributed by atoms with E-state index in [1.54, 1.807) is 0 Å². The second kappa shape index (κ2) is 3.64. The number of imidazole rings is 1. The first-order chi connectivity index (χ1) is 6.66. The molecule has 3 nitrogen and oxygen atoms in total. The third-order valence-electron chi connectivity index (χ3n) is 3.32. The van der Waals surface area contributed by atoms with E-state index in [0.717, 1.165) is 36.6 Å². The molecule has 1 aliphatic rings. The van der Waals surface area contributed by atoms with E-state index in [1.807, 2.05) is 13.1 Å². The highest BCUT2D eigenvalue weighted by Gasteiger charge is 2.23. The zero-order valence-electron chi connectivity index (χ0n) is 9.25. The molecule has 2 unspecified atom stereocenters. The van der Waals surface area contributed by atoms with Gasteiger partial charge in [-0.05, 0) is 25.2 Å². The van der Waals surface area contributed by atoms with Crippen LogP contribution < -0.4 is 4.90 Å². The molecule has 1 aromatic heterocycles. The van der Waals surface area contributed by atoms with Crippen LogP contribution in [0.3, 0.4) is 0 Å². The lowest BCUT2D eigenvalue weighted by molar-refractivity contribution is 0.322. The van der Waals surface area contributed by atoms with Crippen molar-refractivity contribution < 1.29 is 0 Å². The molecular weight excluding hydrogens is 174 g/mol. The van der Waals surface area contributed by atoms with E-state index in [1.165, 1.54) is 6.42 Å². The van der Waals surface area contributed by atoms with Crippen molar-refractivity contribution in [2.45, 2.75) is 27.2 Å². The number of anilines is 1. The van der Waals surface area contributed by atoms with E-state index < -0.39 is 0 Å². The second-order valence-electron chi connectivity index (χ2n) is 4.58. The highest BCUT2D eigenvalue weighted by molar-refractivity contribution is 5.31. The summed E-state index contributed by atoms with van der Waals surface area (Å²) in [6.45, 7) is 8.99. The van der Waals surface area contributed by atoms with Gasteiger partial charge in [0.05, 0.1) is 0 Å². The molecule has 0 bridgehead atoms. The summed E-state index contributed by atoms with van der Waals surface area (Å²) in [6, 6.07) is 0. The van der Waals surface area contributed by atoms with Crippen molar-refractivity contribution in [1.29, 1.82) is 0 Å². The summed E-state index contributed by atoms with van der Waals surface area (Å²) in [5, 5.41) is 0. The van der Waals surface area contributed by atoms with E-state index >= 15 is 0 Å². The van der Waals surface area contributed by atoms with Crippen LogP contribution in [0.25, 0.3) is 0 Å². The predicted molar refractivity (Wildman–Crippen MR) is 58.5 cm³/mol. The molecule has 1 saturated heterocycles. The van der Waals surface area contributed by atoms with Crippen LogP contribution in [0.15, 0.2) is 6.20 Å². The zero-order chi connectivity index (χ0) is 10.1. The summed E-state index contributed by atoms with van der Waals surface area (Å²) in [6.07, 6.45) is 3.18. The summed E-state index contributed by atoms with van der Waals surface area (Å²) in [5.41, 5.74) is 1.14. The van der Waals surface area contributed by atoms with Gasteiger partial charge in [0.2, 0.25) is 5.95 Å². The Hall–Kier alpha value is -0.990. The Morgan fingerprint density at radius 1 is 1.43 bits per heavy atom. The number of aromatic amines is 1. The SMILES string of the molecule is Cc1cnc(N2CCC(C)C(C)C2)[nH]1. The summed E-state index contributed by atoms with van der Waals surface area (Å²) in [4.78, 5) is 10.0. The molecule has 2 rings (SSSR count). The molecule has 3 heteroatoms. The zero-order valence-corrected chi connectivity index (χ0v) is 9.25. The van der Waals surface area contributed by atoms with Crippen LogP contribution in [0.2, 0.25) is 0 Å². The maximum absolute atomic E-state index is 4.37. The van der Waals surface area contributed by atoms with Crippen molar-refractivity contribution in [1.82, 2.24) is 9.97 Å². The smallest absolute Gasteiger partial charge is 0.202 e. The topological polar surface area (TPSA) is 31.9 Å². The molecular formula is C11H19N3. The number of hydrogen-bond donors (Lipinski definition) is 1. The minimum atomic E-state index is 0.772. The second-order valence-corrected chi connectivity index (χ2v) is 4.58. The van der Waals surface area contributed by atoms with Crippen LogP contribution in [-0.2, 0) is 0 Å². The first-order valence-electron chi connectivity index (χ1n) is 5.43. The summed E-state index contributed by atoms with van der Waals surface area (Å²) < 4.78 is 0. The highest BCUT2D eigenvalue weighted by Crippen LogP contribution is 2.24. The molecule has 1 N–H and O–H groups in total. The van der Waals surface area contributed by atoms with E-state index in [4.69, 9.17) is 0 Å². The van der Waals surface area contributed by atoms with Crippen LogP contribution in [0.1, 0.15) is 26.0 Å². The first-order valence-corrected chi connectivity index (χ1v) is 5.43. The molecule has 1 aromatic rings. The quantitative estimate of drug-likeness (QED) is 0.741. The molecule has 0 aromatic carbocycles. The Balaban J connectivity index is 2.06. The average Bonchev–Trinajstić information content (AvgIpc) is 2.57. The van der Waals surface area contributed by atoms with Crippen LogP contribution in [0, 0.1) is 18.8 Å². The lowest BCUT2D eigenvalue weighted by atomic mass is 9.89. The maximum Gasteiger partial charge on any atom is 0.202 e. The van der Waals surface area contributed by atoms with Gasteiger partial charge in [-0.25, -0.2) is 4.98 Å². The van der Waals surface area contributed by atoms with Gasteiger partial charge < -0.3 is 9.88 Å². The maximum atomic E-state index is 4.37. The van der Waals surface area contributed by atoms with Gasteiger partial charge in [0.15, 0.2) is 0 Å². The Morgan fingerprint density at radius 3 is 2.79 bits per heavy atom. The van der Waals surface area contributed by atoms with E-state index in [-0.39, 0.29) is 0 Å². The van der Waals surface area contributed by atoms with Crippen molar-refractivity contribution in [2.24, 2.45) is 11.8 Å². The fourth-order valence-electron chi connectivity index (χ4n) is 2.01. The molecule has 2 atom stereocenters. The minimum absolute atomic E-state index is 0.772. The Labute approximate surface area is 85.5 Å². The number of piperidine rings is 1. The molecule has 1 aliphatic heterocycles. The number of aryl methyl sites for hydroxylation is 1. The molecule has 0 spiro atoms. The minimum Gasteiger partial charge on any atom is -0.342 e. The first kappa shape index (κ1) is 9.56. The standard InChI is InChI=1S/C11H19N3/c1-8-4-5-14(7-9(8)2)11-12-6-10(3)13-11/h6,8-9H,4-5,7H2,1-3H3,(H,12,13). The Bertz CT molecular complexity index is 305. The molecule has 1 fully saturated rings. The van der Waals surface area contributed by atoms with Crippen LogP contribution >= 0.6 is 0 Å². The normalized spacial score (nSPS) is 28.1. The van der Waals surface area contributed by atoms with E-state index in [9.17, 15) is 0 Å². The van der Waals surface area contributed by atoms with Crippen LogP contribution in [0.4, 0.5) is 5.95 Å². The van der Waals surface area contributed by atoms with Crippen molar-refractivity contribution >= 4 is 5.95 Å². The van der Waals surface area contributed by atoms with Crippen molar-refractivity contribution in [3.8, 4) is 0 Å². The van der Waals surface area contributed by atoms with Gasteiger partial charge in [-0.3, -0.25) is 0 Å². The molecule has 78 valence electrons. The number of aromatic nitrogens is 2. The predicted octanol–water partition coefficient (Wildman–Crippen LogP) is 2.20. The molecule has 2 heterocycles. The molecule has 0 amide bonds. The Morgan fingerprint density at radius 2 is 2.21 bits per heavy atom. The fourth-order valence-corrected chi connectivity index (χ4v) is 2.01. The largest absolute Gasteiger partial charge is 0.342 e. The molecule has 0 aliphatic carbocycles. The van der Waals surface area contributed by atoms with Gasteiger partial charge in [-0.15, -0.1) is 0 Å². The van der Waals surface area contributed by atoms with Gasteiger partial charge in [0.25, 0.3) is 0 Å². The van der Waals surface area contributed by atoms with Crippen LogP contribution in [-0.4, -0.2) is 23.1 Å². The van der Waals surface area contributed by atoms with E-state index in [2.05, 4.69) is 28.7 Å².